The molecule has 0 spiro atoms. The molecule has 0 bridgehead atoms. The third kappa shape index (κ3) is 5.60. The molecule has 5 nitrogen and oxygen atoms in total. The minimum atomic E-state index is -0.659. The van der Waals surface area contributed by atoms with Crippen LogP contribution in [0.25, 0.3) is 0 Å². The minimum absolute atomic E-state index is 0.294. The molecule has 25 heavy (non-hydrogen) atoms. The molecule has 1 amide bonds. The summed E-state index contributed by atoms with van der Waals surface area (Å²) in [6.07, 6.45) is 0. The van der Waals surface area contributed by atoms with Crippen LogP contribution in [0.15, 0.2) is 36.4 Å². The minimum Gasteiger partial charge on any atom is -0.481 e. The van der Waals surface area contributed by atoms with Crippen LogP contribution in [-0.4, -0.2) is 25.1 Å². The van der Waals surface area contributed by atoms with Crippen molar-refractivity contribution in [3.8, 4) is 5.75 Å². The number of hydrogen-bond donors (Lipinski definition) is 1. The van der Waals surface area contributed by atoms with E-state index >= 15 is 0 Å². The summed E-state index contributed by atoms with van der Waals surface area (Å²) < 4.78 is 23.4. The monoisotopic (exact) mass is 345 g/mol. The number of amides is 1. The van der Waals surface area contributed by atoms with E-state index in [9.17, 15) is 14.0 Å². The normalized spacial score (nSPS) is 10.2. The highest BCUT2D eigenvalue weighted by atomic mass is 19.1. The summed E-state index contributed by atoms with van der Waals surface area (Å²) in [4.78, 5) is 23.4. The van der Waals surface area contributed by atoms with Crippen LogP contribution in [0.2, 0.25) is 0 Å². The third-order valence-electron chi connectivity index (χ3n) is 3.41. The molecule has 0 heterocycles. The Morgan fingerprint density at radius 2 is 1.72 bits per heavy atom. The Kier molecular flexibility index (Phi) is 6.11. The van der Waals surface area contributed by atoms with Crippen LogP contribution in [0.5, 0.6) is 5.75 Å². The van der Waals surface area contributed by atoms with Crippen LogP contribution in [0.4, 0.5) is 10.1 Å². The molecule has 0 saturated heterocycles. The van der Waals surface area contributed by atoms with E-state index in [2.05, 4.69) is 5.32 Å². The topological polar surface area (TPSA) is 64.6 Å². The number of hydrogen-bond acceptors (Lipinski definition) is 4. The predicted octanol–water partition coefficient (Wildman–Crippen LogP) is 3.31. The standard InChI is InChI=1S/C19H20FNO4/c1-12-7-13(2)19(14(3)8-12)25-11-18(23)24-10-17(22)21-16-6-4-5-15(20)9-16/h4-9H,10-11H2,1-3H3,(H,21,22). The first-order chi connectivity index (χ1) is 11.8. The molecule has 1 N–H and O–H groups in total. The lowest BCUT2D eigenvalue weighted by Crippen LogP contribution is -2.23. The third-order valence-corrected chi connectivity index (χ3v) is 3.41. The molecule has 0 unspecified atom stereocenters. The maximum Gasteiger partial charge on any atom is 0.344 e. The van der Waals surface area contributed by atoms with E-state index in [0.29, 0.717) is 11.4 Å². The molecule has 0 atom stereocenters. The van der Waals surface area contributed by atoms with Gasteiger partial charge in [0.15, 0.2) is 13.2 Å². The van der Waals surface area contributed by atoms with Gasteiger partial charge in [-0.25, -0.2) is 9.18 Å². The van der Waals surface area contributed by atoms with Gasteiger partial charge in [0.25, 0.3) is 5.91 Å². The van der Waals surface area contributed by atoms with Gasteiger partial charge in [-0.2, -0.15) is 0 Å². The molecule has 0 aliphatic carbocycles. The van der Waals surface area contributed by atoms with Crippen molar-refractivity contribution < 1.29 is 23.5 Å². The van der Waals surface area contributed by atoms with E-state index in [4.69, 9.17) is 9.47 Å². The van der Waals surface area contributed by atoms with E-state index in [-0.39, 0.29) is 6.61 Å². The average Bonchev–Trinajstić information content (AvgIpc) is 2.52. The van der Waals surface area contributed by atoms with Crippen LogP contribution in [0.1, 0.15) is 16.7 Å². The fraction of sp³-hybridized carbons (Fsp3) is 0.263. The SMILES string of the molecule is Cc1cc(C)c(OCC(=O)OCC(=O)Nc2cccc(F)c2)c(C)c1. The number of ether oxygens (including phenoxy) is 2. The molecular weight excluding hydrogens is 325 g/mol. The second-order valence-corrected chi connectivity index (χ2v) is 5.74. The molecular formula is C19H20FNO4. The Labute approximate surface area is 145 Å². The summed E-state index contributed by atoms with van der Waals surface area (Å²) in [5.41, 5.74) is 3.26. The van der Waals surface area contributed by atoms with Crippen molar-refractivity contribution in [2.45, 2.75) is 20.8 Å². The highest BCUT2D eigenvalue weighted by molar-refractivity contribution is 5.92. The molecule has 2 aromatic carbocycles. The quantitative estimate of drug-likeness (QED) is 0.816. The summed E-state index contributed by atoms with van der Waals surface area (Å²) in [5.74, 6) is -1.05. The number of esters is 1. The van der Waals surface area contributed by atoms with E-state index < -0.39 is 24.3 Å². The van der Waals surface area contributed by atoms with Gasteiger partial charge in [-0.05, 0) is 50.1 Å². The molecule has 0 radical (unpaired) electrons. The van der Waals surface area contributed by atoms with Crippen molar-refractivity contribution in [1.82, 2.24) is 0 Å². The van der Waals surface area contributed by atoms with Gasteiger partial charge in [0.1, 0.15) is 11.6 Å². The number of benzene rings is 2. The maximum absolute atomic E-state index is 13.0. The van der Waals surface area contributed by atoms with Crippen molar-refractivity contribution in [1.29, 1.82) is 0 Å². The highest BCUT2D eigenvalue weighted by Crippen LogP contribution is 2.24. The van der Waals surface area contributed by atoms with Gasteiger partial charge in [-0.3, -0.25) is 4.79 Å². The number of carbonyl (C=O) groups is 2. The number of anilines is 1. The van der Waals surface area contributed by atoms with E-state index in [1.165, 1.54) is 24.3 Å². The van der Waals surface area contributed by atoms with Gasteiger partial charge in [-0.1, -0.05) is 23.8 Å². The van der Waals surface area contributed by atoms with Crippen LogP contribution in [-0.2, 0) is 14.3 Å². The zero-order chi connectivity index (χ0) is 18.4. The largest absolute Gasteiger partial charge is 0.481 e. The summed E-state index contributed by atoms with van der Waals surface area (Å²) in [6, 6.07) is 9.36. The van der Waals surface area contributed by atoms with Crippen LogP contribution < -0.4 is 10.1 Å². The smallest absolute Gasteiger partial charge is 0.344 e. The van der Waals surface area contributed by atoms with Gasteiger partial charge >= 0.3 is 5.97 Å². The molecule has 0 aliphatic rings. The van der Waals surface area contributed by atoms with Crippen molar-refractivity contribution in [2.75, 3.05) is 18.5 Å². The lowest BCUT2D eigenvalue weighted by atomic mass is 10.1. The maximum atomic E-state index is 13.0. The average molecular weight is 345 g/mol. The molecule has 2 aromatic rings. The number of halogens is 1. The van der Waals surface area contributed by atoms with Crippen LogP contribution in [0.3, 0.4) is 0 Å². The first kappa shape index (κ1) is 18.4. The van der Waals surface area contributed by atoms with Gasteiger partial charge in [0, 0.05) is 5.69 Å². The van der Waals surface area contributed by atoms with Gasteiger partial charge in [0.2, 0.25) is 0 Å². The van der Waals surface area contributed by atoms with Crippen molar-refractivity contribution in [3.63, 3.8) is 0 Å². The number of rotatable bonds is 6. The molecule has 0 aromatic heterocycles. The Bertz CT molecular complexity index is 766. The first-order valence-electron chi connectivity index (χ1n) is 7.77. The molecule has 6 heteroatoms. The molecule has 2 rings (SSSR count). The predicted molar refractivity (Wildman–Crippen MR) is 92.1 cm³/mol. The second-order valence-electron chi connectivity index (χ2n) is 5.74. The number of carbonyl (C=O) groups excluding carboxylic acids is 2. The Balaban J connectivity index is 1.80. The number of aryl methyl sites for hydroxylation is 3. The summed E-state index contributed by atoms with van der Waals surface area (Å²) >= 11 is 0. The molecule has 0 aliphatic heterocycles. The lowest BCUT2D eigenvalue weighted by Gasteiger charge is -2.12. The first-order valence-corrected chi connectivity index (χ1v) is 7.77. The second kappa shape index (κ2) is 8.28. The Morgan fingerprint density at radius 1 is 1.04 bits per heavy atom. The van der Waals surface area contributed by atoms with Gasteiger partial charge in [0.05, 0.1) is 0 Å². The molecule has 0 fully saturated rings. The number of nitrogens with one attached hydrogen (secondary N) is 1. The van der Waals surface area contributed by atoms with Crippen molar-refractivity contribution >= 4 is 17.6 Å². The van der Waals surface area contributed by atoms with E-state index in [1.807, 2.05) is 32.9 Å². The Morgan fingerprint density at radius 3 is 2.36 bits per heavy atom. The van der Waals surface area contributed by atoms with Gasteiger partial charge < -0.3 is 14.8 Å². The lowest BCUT2D eigenvalue weighted by molar-refractivity contribution is -0.149. The Hall–Kier alpha value is -2.89. The molecule has 0 saturated carbocycles. The summed E-state index contributed by atoms with van der Waals surface area (Å²) in [5, 5.41) is 2.44. The van der Waals surface area contributed by atoms with Crippen molar-refractivity contribution in [2.24, 2.45) is 0 Å². The zero-order valence-electron chi connectivity index (χ0n) is 14.4. The fourth-order valence-corrected chi connectivity index (χ4v) is 2.48. The summed E-state index contributed by atoms with van der Waals surface area (Å²) in [6.45, 7) is 5.01. The van der Waals surface area contributed by atoms with Crippen molar-refractivity contribution in [3.05, 3.63) is 58.9 Å². The zero-order valence-corrected chi connectivity index (χ0v) is 14.4. The van der Waals surface area contributed by atoms with E-state index in [1.54, 1.807) is 0 Å². The molecule has 132 valence electrons. The van der Waals surface area contributed by atoms with Crippen LogP contribution >= 0.6 is 0 Å². The van der Waals surface area contributed by atoms with Gasteiger partial charge in [-0.15, -0.1) is 0 Å². The van der Waals surface area contributed by atoms with E-state index in [0.717, 1.165) is 16.7 Å². The fourth-order valence-electron chi connectivity index (χ4n) is 2.48. The van der Waals surface area contributed by atoms with Crippen LogP contribution in [0, 0.1) is 26.6 Å². The highest BCUT2D eigenvalue weighted by Gasteiger charge is 2.11. The summed E-state index contributed by atoms with van der Waals surface area (Å²) in [7, 11) is 0.